The Balaban J connectivity index is 2.95. The Kier molecular flexibility index (Phi) is 3.47. The third kappa shape index (κ3) is 6.30. The molecule has 4 heteroatoms. The van der Waals surface area contributed by atoms with Crippen molar-refractivity contribution < 1.29 is 4.48 Å². The van der Waals surface area contributed by atoms with Crippen molar-refractivity contribution in [3.63, 3.8) is 0 Å². The van der Waals surface area contributed by atoms with Crippen LogP contribution in [0.4, 0.5) is 4.48 Å². The number of nitrogens with zero attached hydrogens (tertiary/aromatic N) is 1. The predicted molar refractivity (Wildman–Crippen MR) is 34.2 cm³/mol. The Hall–Kier alpha value is 0.305. The van der Waals surface area contributed by atoms with Crippen molar-refractivity contribution in [1.29, 1.82) is 0 Å². The van der Waals surface area contributed by atoms with Gasteiger partial charge in [-0.3, -0.25) is 0 Å². The first-order valence-corrected chi connectivity index (χ1v) is 3.03. The first kappa shape index (κ1) is 7.30. The van der Waals surface area contributed by atoms with Crippen LogP contribution in [-0.2, 0) is 0 Å². The van der Waals surface area contributed by atoms with E-state index in [0.29, 0.717) is 9.69 Å². The van der Waals surface area contributed by atoms with Crippen LogP contribution in [0.1, 0.15) is 13.8 Å². The molecule has 0 fully saturated rings. The standard InChI is InChI=1S/C3H9BFNS/c1-3(2)7-6(4)5/h3H,4H2,1-2H3. The molecule has 0 aliphatic heterocycles. The van der Waals surface area contributed by atoms with E-state index in [1.807, 2.05) is 13.8 Å². The molecule has 0 unspecified atom stereocenters. The van der Waals surface area contributed by atoms with Crippen LogP contribution in [0.2, 0.25) is 0 Å². The molecule has 1 nitrogen and oxygen atoms in total. The smallest absolute Gasteiger partial charge is 0.145 e. The van der Waals surface area contributed by atoms with Gasteiger partial charge in [0.2, 0.25) is 7.98 Å². The molecule has 0 atom stereocenters. The van der Waals surface area contributed by atoms with Crippen LogP contribution in [-0.4, -0.2) is 17.7 Å². The van der Waals surface area contributed by atoms with Crippen LogP contribution in [0.15, 0.2) is 0 Å². The topological polar surface area (TPSA) is 3.24 Å². The summed E-state index contributed by atoms with van der Waals surface area (Å²) in [7, 11) is 1.39. The van der Waals surface area contributed by atoms with Crippen molar-refractivity contribution in [2.24, 2.45) is 0 Å². The van der Waals surface area contributed by atoms with E-state index in [2.05, 4.69) is 0 Å². The molecule has 7 heavy (non-hydrogen) atoms. The normalized spacial score (nSPS) is 11.0. The average Bonchev–Trinajstić information content (AvgIpc) is 1.27. The Morgan fingerprint density at radius 3 is 2.14 bits per heavy atom. The van der Waals surface area contributed by atoms with E-state index in [-0.39, 0.29) is 0 Å². The van der Waals surface area contributed by atoms with Crippen molar-refractivity contribution in [2.75, 3.05) is 0 Å². The minimum atomic E-state index is 0.343. The highest BCUT2D eigenvalue weighted by atomic mass is 32.2. The Labute approximate surface area is 48.8 Å². The summed E-state index contributed by atoms with van der Waals surface area (Å²) in [6, 6.07) is 0. The molecule has 0 aromatic carbocycles. The van der Waals surface area contributed by atoms with Crippen molar-refractivity contribution in [3.8, 4) is 0 Å². The van der Waals surface area contributed by atoms with Crippen molar-refractivity contribution in [2.45, 2.75) is 19.1 Å². The number of rotatable bonds is 2. The lowest BCUT2D eigenvalue weighted by Gasteiger charge is -2.05. The molecule has 0 N–H and O–H groups in total. The second-order valence-electron chi connectivity index (χ2n) is 1.57. The minimum Gasteiger partial charge on any atom is -0.145 e. The first-order valence-electron chi connectivity index (χ1n) is 2.19. The summed E-state index contributed by atoms with van der Waals surface area (Å²) in [6.07, 6.45) is 0. The summed E-state index contributed by atoms with van der Waals surface area (Å²) < 4.78 is 12.4. The zero-order valence-electron chi connectivity index (χ0n) is 4.81. The fourth-order valence-corrected chi connectivity index (χ4v) is 0.872. The largest absolute Gasteiger partial charge is 0.244 e. The van der Waals surface area contributed by atoms with Gasteiger partial charge in [-0.25, -0.2) is 0 Å². The summed E-state index contributed by atoms with van der Waals surface area (Å²) in [5.41, 5.74) is 0. The lowest BCUT2D eigenvalue weighted by Crippen LogP contribution is -2.01. The van der Waals surface area contributed by atoms with Crippen LogP contribution in [0.25, 0.3) is 0 Å². The van der Waals surface area contributed by atoms with Gasteiger partial charge in [-0.2, -0.15) is 0 Å². The number of halogens is 1. The highest BCUT2D eigenvalue weighted by molar-refractivity contribution is 7.98. The summed E-state index contributed by atoms with van der Waals surface area (Å²) >= 11 is 1.18. The second kappa shape index (κ2) is 3.33. The van der Waals surface area contributed by atoms with Crippen molar-refractivity contribution in [3.05, 3.63) is 0 Å². The fraction of sp³-hybridized carbons (Fsp3) is 1.00. The molecular formula is C3H9BFNS. The molecule has 0 aromatic heterocycles. The molecule has 0 rings (SSSR count). The maximum atomic E-state index is 11.7. The lowest BCUT2D eigenvalue weighted by atomic mass is 10.5. The van der Waals surface area contributed by atoms with E-state index in [9.17, 15) is 4.48 Å². The zero-order chi connectivity index (χ0) is 5.86. The van der Waals surface area contributed by atoms with Gasteiger partial charge in [0.25, 0.3) is 0 Å². The molecule has 42 valence electrons. The van der Waals surface area contributed by atoms with Crippen LogP contribution in [0.5, 0.6) is 0 Å². The number of hydrogen-bond donors (Lipinski definition) is 0. The van der Waals surface area contributed by atoms with Gasteiger partial charge in [0.05, 0.1) is 0 Å². The van der Waals surface area contributed by atoms with Crippen molar-refractivity contribution >= 4 is 19.9 Å². The molecule has 0 amide bonds. The summed E-state index contributed by atoms with van der Waals surface area (Å²) in [5, 5.41) is 0.343. The van der Waals surface area contributed by atoms with E-state index < -0.39 is 0 Å². The third-order valence-electron chi connectivity index (χ3n) is 0.356. The highest BCUT2D eigenvalue weighted by Gasteiger charge is 1.96. The van der Waals surface area contributed by atoms with Gasteiger partial charge in [0.15, 0.2) is 0 Å². The Morgan fingerprint density at radius 2 is 2.14 bits per heavy atom. The van der Waals surface area contributed by atoms with Gasteiger partial charge in [-0.15, -0.1) is 8.92 Å². The van der Waals surface area contributed by atoms with Gasteiger partial charge in [0, 0.05) is 5.25 Å². The molecule has 0 saturated heterocycles. The quantitative estimate of drug-likeness (QED) is 0.301. The SMILES string of the molecule is BN(F)SC(C)C. The van der Waals surface area contributed by atoms with E-state index in [1.54, 1.807) is 0 Å². The van der Waals surface area contributed by atoms with Crippen LogP contribution in [0.3, 0.4) is 0 Å². The van der Waals surface area contributed by atoms with Gasteiger partial charge < -0.3 is 0 Å². The molecule has 0 heterocycles. The highest BCUT2D eigenvalue weighted by Crippen LogP contribution is 2.12. The third-order valence-corrected chi connectivity index (χ3v) is 1.07. The molecule has 0 bridgehead atoms. The van der Waals surface area contributed by atoms with Gasteiger partial charge >= 0.3 is 0 Å². The maximum absolute atomic E-state index is 11.7. The molecule has 0 radical (unpaired) electrons. The number of hydrogen-bond acceptors (Lipinski definition) is 2. The minimum absolute atomic E-state index is 0.343. The van der Waals surface area contributed by atoms with Crippen LogP contribution >= 0.6 is 11.9 Å². The molecule has 0 spiro atoms. The monoisotopic (exact) mass is 121 g/mol. The van der Waals surface area contributed by atoms with Crippen molar-refractivity contribution in [1.82, 2.24) is 4.44 Å². The first-order chi connectivity index (χ1) is 3.13. The van der Waals surface area contributed by atoms with E-state index in [1.165, 1.54) is 19.9 Å². The van der Waals surface area contributed by atoms with Gasteiger partial charge in [-0.05, 0) is 0 Å². The summed E-state index contributed by atoms with van der Waals surface area (Å²) in [4.78, 5) is 0. The van der Waals surface area contributed by atoms with Gasteiger partial charge in [-0.1, -0.05) is 25.8 Å². The summed E-state index contributed by atoms with van der Waals surface area (Å²) in [6.45, 7) is 3.89. The summed E-state index contributed by atoms with van der Waals surface area (Å²) in [5.74, 6) is 0. The molecule has 0 aliphatic carbocycles. The molecular weight excluding hydrogens is 112 g/mol. The van der Waals surface area contributed by atoms with E-state index >= 15 is 0 Å². The van der Waals surface area contributed by atoms with E-state index in [4.69, 9.17) is 0 Å². The maximum Gasteiger partial charge on any atom is 0.244 e. The van der Waals surface area contributed by atoms with Gasteiger partial charge in [0.1, 0.15) is 0 Å². The Bertz CT molecular complexity index is 44.2. The Morgan fingerprint density at radius 1 is 1.71 bits per heavy atom. The molecule has 0 aliphatic rings. The molecule has 0 saturated carbocycles. The predicted octanol–water partition coefficient (Wildman–Crippen LogP) is 0.778. The van der Waals surface area contributed by atoms with Crippen LogP contribution in [0, 0.1) is 0 Å². The van der Waals surface area contributed by atoms with Crippen LogP contribution < -0.4 is 0 Å². The average molecular weight is 121 g/mol. The molecule has 0 aromatic rings. The lowest BCUT2D eigenvalue weighted by molar-refractivity contribution is 0.288. The zero-order valence-corrected chi connectivity index (χ0v) is 5.63. The fourth-order valence-electron chi connectivity index (χ4n) is 0.291. The van der Waals surface area contributed by atoms with E-state index in [0.717, 1.165) is 0 Å². The second-order valence-corrected chi connectivity index (χ2v) is 3.23.